The smallest absolute Gasteiger partial charge is 0.240 e. The van der Waals surface area contributed by atoms with E-state index in [1.165, 1.54) is 6.33 Å². The highest BCUT2D eigenvalue weighted by Gasteiger charge is 2.14. The largest absolute Gasteiger partial charge is 0.497 e. The predicted octanol–water partition coefficient (Wildman–Crippen LogP) is 2.05. The van der Waals surface area contributed by atoms with Gasteiger partial charge >= 0.3 is 0 Å². The number of nitrogens with one attached hydrogen (secondary N) is 2. The maximum atomic E-state index is 12.3. The van der Waals surface area contributed by atoms with E-state index in [9.17, 15) is 8.42 Å². The molecule has 0 saturated heterocycles. The molecule has 0 aliphatic heterocycles. The van der Waals surface area contributed by atoms with Crippen LogP contribution in [0.3, 0.4) is 0 Å². The first-order valence-corrected chi connectivity index (χ1v) is 8.12. The third kappa shape index (κ3) is 2.95. The highest BCUT2D eigenvalue weighted by atomic mass is 32.2. The van der Waals surface area contributed by atoms with Crippen LogP contribution in [0.2, 0.25) is 0 Å². The zero-order chi connectivity index (χ0) is 15.6. The van der Waals surface area contributed by atoms with Crippen LogP contribution in [-0.4, -0.2) is 25.5 Å². The second-order valence-corrected chi connectivity index (χ2v) is 6.52. The molecule has 0 saturated carbocycles. The fourth-order valence-electron chi connectivity index (χ4n) is 2.09. The van der Waals surface area contributed by atoms with Gasteiger partial charge in [-0.05, 0) is 35.9 Å². The van der Waals surface area contributed by atoms with Crippen LogP contribution in [-0.2, 0) is 16.6 Å². The van der Waals surface area contributed by atoms with Crippen molar-refractivity contribution in [2.24, 2.45) is 0 Å². The van der Waals surface area contributed by atoms with E-state index >= 15 is 0 Å². The first-order valence-electron chi connectivity index (χ1n) is 6.64. The third-order valence-electron chi connectivity index (χ3n) is 3.33. The molecule has 0 bridgehead atoms. The minimum atomic E-state index is -3.57. The Bertz CT molecular complexity index is 886. The normalized spacial score (nSPS) is 11.7. The summed E-state index contributed by atoms with van der Waals surface area (Å²) in [4.78, 5) is 7.18. The Kier molecular flexibility index (Phi) is 3.82. The van der Waals surface area contributed by atoms with Crippen molar-refractivity contribution in [1.29, 1.82) is 0 Å². The van der Waals surface area contributed by atoms with Crippen molar-refractivity contribution in [1.82, 2.24) is 14.7 Å². The molecule has 0 atom stereocenters. The van der Waals surface area contributed by atoms with Crippen molar-refractivity contribution in [2.45, 2.75) is 11.4 Å². The Hall–Kier alpha value is -2.38. The Balaban J connectivity index is 1.77. The molecule has 1 heterocycles. The lowest BCUT2D eigenvalue weighted by Gasteiger charge is -2.07. The van der Waals surface area contributed by atoms with Gasteiger partial charge in [-0.25, -0.2) is 18.1 Å². The molecule has 22 heavy (non-hydrogen) atoms. The number of fused-ring (bicyclic) bond motifs is 1. The molecule has 7 heteroatoms. The fraction of sp³-hybridized carbons (Fsp3) is 0.133. The Morgan fingerprint density at radius 3 is 2.68 bits per heavy atom. The molecule has 0 aliphatic rings. The van der Waals surface area contributed by atoms with E-state index < -0.39 is 10.0 Å². The first kappa shape index (κ1) is 14.6. The molecule has 2 N–H and O–H groups in total. The van der Waals surface area contributed by atoms with E-state index in [1.807, 2.05) is 12.1 Å². The number of H-pyrrole nitrogens is 1. The highest BCUT2D eigenvalue weighted by molar-refractivity contribution is 7.89. The van der Waals surface area contributed by atoms with Crippen LogP contribution in [0.25, 0.3) is 11.0 Å². The van der Waals surface area contributed by atoms with Crippen molar-refractivity contribution in [3.05, 3.63) is 54.4 Å². The van der Waals surface area contributed by atoms with Crippen LogP contribution in [0.1, 0.15) is 5.56 Å². The summed E-state index contributed by atoms with van der Waals surface area (Å²) in [6.45, 7) is 0.216. The molecule has 114 valence electrons. The molecule has 1 aromatic heterocycles. The van der Waals surface area contributed by atoms with Gasteiger partial charge in [0, 0.05) is 6.54 Å². The summed E-state index contributed by atoms with van der Waals surface area (Å²) in [5.74, 6) is 0.733. The van der Waals surface area contributed by atoms with Crippen molar-refractivity contribution >= 4 is 21.1 Å². The molecule has 3 aromatic rings. The topological polar surface area (TPSA) is 84.1 Å². The van der Waals surface area contributed by atoms with E-state index in [0.717, 1.165) is 16.8 Å². The standard InChI is InChI=1S/C15H15N3O3S/c1-21-12-4-2-11(3-5-12)9-18-22(19,20)13-6-7-14-15(8-13)17-10-16-14/h2-8,10,18H,9H2,1H3,(H,16,17). The van der Waals surface area contributed by atoms with Gasteiger partial charge in [0.05, 0.1) is 29.4 Å². The Morgan fingerprint density at radius 1 is 1.18 bits per heavy atom. The summed E-state index contributed by atoms with van der Waals surface area (Å²) in [7, 11) is -1.99. The predicted molar refractivity (Wildman–Crippen MR) is 83.1 cm³/mol. The van der Waals surface area contributed by atoms with Crippen LogP contribution in [0, 0.1) is 0 Å². The van der Waals surface area contributed by atoms with Gasteiger partial charge in [0.2, 0.25) is 10.0 Å². The van der Waals surface area contributed by atoms with Gasteiger partial charge in [0.25, 0.3) is 0 Å². The number of benzene rings is 2. The van der Waals surface area contributed by atoms with Crippen molar-refractivity contribution < 1.29 is 13.2 Å². The van der Waals surface area contributed by atoms with Crippen molar-refractivity contribution in [2.75, 3.05) is 7.11 Å². The van der Waals surface area contributed by atoms with Gasteiger partial charge < -0.3 is 9.72 Å². The SMILES string of the molecule is COc1ccc(CNS(=O)(=O)c2ccc3nc[nH]c3c2)cc1. The van der Waals surface area contributed by atoms with Crippen LogP contribution in [0.15, 0.2) is 53.7 Å². The second-order valence-electron chi connectivity index (χ2n) is 4.75. The summed E-state index contributed by atoms with van der Waals surface area (Å²) in [5, 5.41) is 0. The maximum absolute atomic E-state index is 12.3. The number of methoxy groups -OCH3 is 1. The lowest BCUT2D eigenvalue weighted by Crippen LogP contribution is -2.23. The average molecular weight is 317 g/mol. The Labute approximate surface area is 128 Å². The number of aromatic nitrogens is 2. The van der Waals surface area contributed by atoms with Gasteiger partial charge in [-0.15, -0.1) is 0 Å². The zero-order valence-corrected chi connectivity index (χ0v) is 12.7. The summed E-state index contributed by atoms with van der Waals surface area (Å²) in [6.07, 6.45) is 1.53. The van der Waals surface area contributed by atoms with Crippen LogP contribution < -0.4 is 9.46 Å². The number of sulfonamides is 1. The van der Waals surface area contributed by atoms with Gasteiger partial charge in [0.15, 0.2) is 0 Å². The average Bonchev–Trinajstić information content (AvgIpc) is 3.01. The lowest BCUT2D eigenvalue weighted by molar-refractivity contribution is 0.414. The number of aromatic amines is 1. The molecular formula is C15H15N3O3S. The summed E-state index contributed by atoms with van der Waals surface area (Å²) in [5.41, 5.74) is 2.27. The van der Waals surface area contributed by atoms with Gasteiger partial charge in [-0.3, -0.25) is 0 Å². The van der Waals surface area contributed by atoms with E-state index in [4.69, 9.17) is 4.74 Å². The Morgan fingerprint density at radius 2 is 1.95 bits per heavy atom. The number of imidazole rings is 1. The monoisotopic (exact) mass is 317 g/mol. The molecule has 0 fully saturated rings. The van der Waals surface area contributed by atoms with Gasteiger partial charge in [-0.2, -0.15) is 0 Å². The molecule has 0 spiro atoms. The lowest BCUT2D eigenvalue weighted by atomic mass is 10.2. The summed E-state index contributed by atoms with van der Waals surface area (Å²) in [6, 6.07) is 12.0. The van der Waals surface area contributed by atoms with Gasteiger partial charge in [0.1, 0.15) is 5.75 Å². The quantitative estimate of drug-likeness (QED) is 0.754. The fourth-order valence-corrected chi connectivity index (χ4v) is 3.13. The highest BCUT2D eigenvalue weighted by Crippen LogP contribution is 2.17. The summed E-state index contributed by atoms with van der Waals surface area (Å²) < 4.78 is 32.3. The van der Waals surface area contributed by atoms with E-state index in [-0.39, 0.29) is 11.4 Å². The second kappa shape index (κ2) is 5.78. The molecule has 2 aromatic carbocycles. The molecule has 3 rings (SSSR count). The maximum Gasteiger partial charge on any atom is 0.240 e. The minimum Gasteiger partial charge on any atom is -0.497 e. The number of ether oxygens (including phenoxy) is 1. The van der Waals surface area contributed by atoms with E-state index in [2.05, 4.69) is 14.7 Å². The molecular weight excluding hydrogens is 302 g/mol. The van der Waals surface area contributed by atoms with E-state index in [0.29, 0.717) is 5.52 Å². The molecule has 0 radical (unpaired) electrons. The number of hydrogen-bond donors (Lipinski definition) is 2. The zero-order valence-electron chi connectivity index (χ0n) is 11.9. The number of nitrogens with zero attached hydrogens (tertiary/aromatic N) is 1. The van der Waals surface area contributed by atoms with Gasteiger partial charge in [-0.1, -0.05) is 12.1 Å². The van der Waals surface area contributed by atoms with Crippen LogP contribution in [0.4, 0.5) is 0 Å². The van der Waals surface area contributed by atoms with Crippen molar-refractivity contribution in [3.8, 4) is 5.75 Å². The number of rotatable bonds is 5. The van der Waals surface area contributed by atoms with Crippen LogP contribution in [0.5, 0.6) is 5.75 Å². The number of hydrogen-bond acceptors (Lipinski definition) is 4. The molecule has 6 nitrogen and oxygen atoms in total. The first-order chi connectivity index (χ1) is 10.6. The molecule has 0 amide bonds. The van der Waals surface area contributed by atoms with Crippen LogP contribution >= 0.6 is 0 Å². The molecule has 0 unspecified atom stereocenters. The molecule has 0 aliphatic carbocycles. The third-order valence-corrected chi connectivity index (χ3v) is 4.73. The van der Waals surface area contributed by atoms with E-state index in [1.54, 1.807) is 37.4 Å². The summed E-state index contributed by atoms with van der Waals surface area (Å²) >= 11 is 0. The minimum absolute atomic E-state index is 0.206. The van der Waals surface area contributed by atoms with Crippen molar-refractivity contribution in [3.63, 3.8) is 0 Å².